The first kappa shape index (κ1) is 21.2. The third kappa shape index (κ3) is 4.24. The Labute approximate surface area is 178 Å². The van der Waals surface area contributed by atoms with Gasteiger partial charge in [-0.3, -0.25) is 9.59 Å². The summed E-state index contributed by atoms with van der Waals surface area (Å²) >= 11 is 12.0. The van der Waals surface area contributed by atoms with Crippen molar-refractivity contribution in [3.05, 3.63) is 69.2 Å². The summed E-state index contributed by atoms with van der Waals surface area (Å²) in [6, 6.07) is 9.96. The number of rotatable bonds is 5. The Balaban J connectivity index is 2.16. The molecular formula is C21H20Cl2N2O4. The number of phenolic OH excluding ortho intramolecular Hbond substituents is 1. The van der Waals surface area contributed by atoms with E-state index in [9.17, 15) is 19.8 Å². The first-order chi connectivity index (χ1) is 13.7. The van der Waals surface area contributed by atoms with Crippen LogP contribution >= 0.6 is 23.2 Å². The van der Waals surface area contributed by atoms with Crippen molar-refractivity contribution in [3.63, 3.8) is 0 Å². The summed E-state index contributed by atoms with van der Waals surface area (Å²) < 4.78 is 0. The van der Waals surface area contributed by atoms with Crippen molar-refractivity contribution in [1.82, 2.24) is 9.80 Å². The lowest BCUT2D eigenvalue weighted by atomic mass is 9.95. The molecule has 152 valence electrons. The van der Waals surface area contributed by atoms with Crippen molar-refractivity contribution in [2.24, 2.45) is 0 Å². The predicted octanol–water partition coefficient (Wildman–Crippen LogP) is 3.68. The molecule has 1 amide bonds. The van der Waals surface area contributed by atoms with Crippen molar-refractivity contribution in [3.8, 4) is 5.75 Å². The van der Waals surface area contributed by atoms with E-state index in [0.29, 0.717) is 22.7 Å². The van der Waals surface area contributed by atoms with E-state index in [1.54, 1.807) is 30.3 Å². The molecule has 2 N–H and O–H groups in total. The molecule has 3 rings (SSSR count). The lowest BCUT2D eigenvalue weighted by Crippen LogP contribution is -2.35. The summed E-state index contributed by atoms with van der Waals surface area (Å²) in [6.45, 7) is 0.800. The maximum absolute atomic E-state index is 12.8. The molecule has 2 aromatic carbocycles. The average molecular weight is 435 g/mol. The summed E-state index contributed by atoms with van der Waals surface area (Å²) in [6.07, 6.45) is 0. The number of hydrogen-bond acceptors (Lipinski definition) is 5. The monoisotopic (exact) mass is 434 g/mol. The number of Topliss-reactive ketones (excluding diaryl/α,β-unsaturated/α-hetero) is 1. The van der Waals surface area contributed by atoms with Gasteiger partial charge in [-0.2, -0.15) is 0 Å². The average Bonchev–Trinajstić information content (AvgIpc) is 2.93. The van der Waals surface area contributed by atoms with E-state index in [2.05, 4.69) is 0 Å². The first-order valence-electron chi connectivity index (χ1n) is 8.88. The van der Waals surface area contributed by atoms with Crippen LogP contribution in [0.15, 0.2) is 48.0 Å². The maximum Gasteiger partial charge on any atom is 0.295 e. The summed E-state index contributed by atoms with van der Waals surface area (Å²) in [5.41, 5.74) is 0.856. The van der Waals surface area contributed by atoms with Crippen LogP contribution in [0.4, 0.5) is 0 Å². The molecule has 0 spiro atoms. The molecule has 0 aliphatic carbocycles. The lowest BCUT2D eigenvalue weighted by molar-refractivity contribution is -0.140. The molecule has 2 aromatic rings. The largest absolute Gasteiger partial charge is 0.507 e. The van der Waals surface area contributed by atoms with Crippen LogP contribution in [-0.2, 0) is 9.59 Å². The molecule has 0 saturated carbocycles. The fraction of sp³-hybridized carbons (Fsp3) is 0.238. The molecule has 1 heterocycles. The van der Waals surface area contributed by atoms with Gasteiger partial charge >= 0.3 is 0 Å². The minimum atomic E-state index is -0.830. The Morgan fingerprint density at radius 3 is 2.34 bits per heavy atom. The molecule has 0 bridgehead atoms. The number of likely N-dealkylation sites (tertiary alicyclic amines) is 1. The van der Waals surface area contributed by atoms with Gasteiger partial charge in [0.25, 0.3) is 11.7 Å². The Morgan fingerprint density at radius 2 is 1.76 bits per heavy atom. The van der Waals surface area contributed by atoms with Gasteiger partial charge < -0.3 is 20.0 Å². The van der Waals surface area contributed by atoms with Gasteiger partial charge in [-0.05, 0) is 56.1 Å². The molecule has 8 heteroatoms. The van der Waals surface area contributed by atoms with Crippen LogP contribution in [0.2, 0.25) is 10.0 Å². The molecule has 0 aromatic heterocycles. The molecule has 1 unspecified atom stereocenters. The second-order valence-corrected chi connectivity index (χ2v) is 7.86. The fourth-order valence-electron chi connectivity index (χ4n) is 3.22. The SMILES string of the molecule is CN(C)CCN1C(=O)C(=O)/C(=C(\O)c2ccc(Cl)cc2)C1c1ccc(O)c(Cl)c1. The van der Waals surface area contributed by atoms with Crippen LogP contribution in [-0.4, -0.2) is 58.9 Å². The number of aliphatic hydroxyl groups is 1. The van der Waals surface area contributed by atoms with E-state index >= 15 is 0 Å². The van der Waals surface area contributed by atoms with Gasteiger partial charge in [-0.25, -0.2) is 0 Å². The third-order valence-electron chi connectivity index (χ3n) is 4.73. The Bertz CT molecular complexity index is 987. The van der Waals surface area contributed by atoms with Crippen molar-refractivity contribution >= 4 is 40.7 Å². The van der Waals surface area contributed by atoms with E-state index in [1.807, 2.05) is 19.0 Å². The molecule has 0 radical (unpaired) electrons. The zero-order valence-electron chi connectivity index (χ0n) is 15.9. The molecule has 1 atom stereocenters. The number of carbonyl (C=O) groups is 2. The fourth-order valence-corrected chi connectivity index (χ4v) is 3.54. The van der Waals surface area contributed by atoms with Crippen LogP contribution in [0, 0.1) is 0 Å². The number of benzene rings is 2. The van der Waals surface area contributed by atoms with E-state index < -0.39 is 17.7 Å². The number of aliphatic hydroxyl groups excluding tert-OH is 1. The lowest BCUT2D eigenvalue weighted by Gasteiger charge is -2.26. The molecule has 1 fully saturated rings. The molecule has 29 heavy (non-hydrogen) atoms. The van der Waals surface area contributed by atoms with Crippen molar-refractivity contribution < 1.29 is 19.8 Å². The molecule has 1 saturated heterocycles. The summed E-state index contributed by atoms with van der Waals surface area (Å²) in [5, 5.41) is 21.2. The third-order valence-corrected chi connectivity index (χ3v) is 5.29. The van der Waals surface area contributed by atoms with Gasteiger partial charge in [0, 0.05) is 23.7 Å². The number of carbonyl (C=O) groups excluding carboxylic acids is 2. The summed E-state index contributed by atoms with van der Waals surface area (Å²) in [4.78, 5) is 28.9. The highest BCUT2D eigenvalue weighted by molar-refractivity contribution is 6.46. The van der Waals surface area contributed by atoms with Crippen molar-refractivity contribution in [2.75, 3.05) is 27.2 Å². The van der Waals surface area contributed by atoms with E-state index in [1.165, 1.54) is 17.0 Å². The summed E-state index contributed by atoms with van der Waals surface area (Å²) in [5.74, 6) is -1.87. The highest BCUT2D eigenvalue weighted by atomic mass is 35.5. The number of phenols is 1. The predicted molar refractivity (Wildman–Crippen MR) is 112 cm³/mol. The van der Waals surface area contributed by atoms with Gasteiger partial charge in [0.2, 0.25) is 0 Å². The zero-order chi connectivity index (χ0) is 21.3. The van der Waals surface area contributed by atoms with Crippen LogP contribution in [0.1, 0.15) is 17.2 Å². The second kappa shape index (κ2) is 8.45. The van der Waals surface area contributed by atoms with Crippen molar-refractivity contribution in [1.29, 1.82) is 0 Å². The van der Waals surface area contributed by atoms with Gasteiger partial charge in [-0.1, -0.05) is 29.3 Å². The second-order valence-electron chi connectivity index (χ2n) is 7.01. The van der Waals surface area contributed by atoms with E-state index in [0.717, 1.165) is 0 Å². The van der Waals surface area contributed by atoms with Gasteiger partial charge in [0.15, 0.2) is 0 Å². The standard InChI is InChI=1S/C21H20Cl2N2O4/c1-24(2)9-10-25-18(13-5-8-16(26)15(23)11-13)17(20(28)21(25)29)19(27)12-3-6-14(22)7-4-12/h3-8,11,18,26-27H,9-10H2,1-2H3/b19-17-. The molecule has 1 aliphatic rings. The number of ketones is 1. The quantitative estimate of drug-likeness (QED) is 0.426. The minimum Gasteiger partial charge on any atom is -0.507 e. The van der Waals surface area contributed by atoms with Gasteiger partial charge in [0.1, 0.15) is 11.5 Å². The number of nitrogens with zero attached hydrogens (tertiary/aromatic N) is 2. The van der Waals surface area contributed by atoms with Gasteiger partial charge in [-0.15, -0.1) is 0 Å². The number of aromatic hydroxyl groups is 1. The number of halogens is 2. The van der Waals surface area contributed by atoms with E-state index in [4.69, 9.17) is 23.2 Å². The Hall–Kier alpha value is -2.54. The highest BCUT2D eigenvalue weighted by Crippen LogP contribution is 2.41. The smallest absolute Gasteiger partial charge is 0.295 e. The Morgan fingerprint density at radius 1 is 1.10 bits per heavy atom. The van der Waals surface area contributed by atoms with Gasteiger partial charge in [0.05, 0.1) is 16.6 Å². The topological polar surface area (TPSA) is 81.1 Å². The highest BCUT2D eigenvalue weighted by Gasteiger charge is 2.46. The maximum atomic E-state index is 12.8. The molecular weight excluding hydrogens is 415 g/mol. The Kier molecular flexibility index (Phi) is 6.17. The van der Waals surface area contributed by atoms with E-state index in [-0.39, 0.29) is 28.6 Å². The van der Waals surface area contributed by atoms with Crippen molar-refractivity contribution in [2.45, 2.75) is 6.04 Å². The summed E-state index contributed by atoms with van der Waals surface area (Å²) in [7, 11) is 3.72. The van der Waals surface area contributed by atoms with Crippen LogP contribution in [0.3, 0.4) is 0 Å². The molecule has 1 aliphatic heterocycles. The zero-order valence-corrected chi connectivity index (χ0v) is 17.4. The number of hydrogen-bond donors (Lipinski definition) is 2. The normalized spacial score (nSPS) is 18.7. The minimum absolute atomic E-state index is 0.0298. The van der Waals surface area contributed by atoms with Crippen LogP contribution in [0.5, 0.6) is 5.75 Å². The van der Waals surface area contributed by atoms with Crippen LogP contribution in [0.25, 0.3) is 5.76 Å². The number of likely N-dealkylation sites (N-methyl/N-ethyl adjacent to an activating group) is 1. The number of amides is 1. The van der Waals surface area contributed by atoms with Crippen LogP contribution < -0.4 is 0 Å². The molecule has 6 nitrogen and oxygen atoms in total. The first-order valence-corrected chi connectivity index (χ1v) is 9.63.